The van der Waals surface area contributed by atoms with Gasteiger partial charge in [-0.2, -0.15) is 4.98 Å². The van der Waals surface area contributed by atoms with E-state index < -0.39 is 0 Å². The van der Waals surface area contributed by atoms with Gasteiger partial charge in [-0.1, -0.05) is 35.5 Å². The third-order valence-corrected chi connectivity index (χ3v) is 4.23. The third kappa shape index (κ3) is 5.33. The number of carbonyl (C=O) groups is 1. The van der Waals surface area contributed by atoms with Gasteiger partial charge in [0.25, 0.3) is 0 Å². The molecule has 146 valence electrons. The highest BCUT2D eigenvalue weighted by Crippen LogP contribution is 2.17. The van der Waals surface area contributed by atoms with Crippen LogP contribution in [-0.2, 0) is 11.2 Å². The first-order chi connectivity index (χ1) is 13.7. The minimum absolute atomic E-state index is 0.00204. The van der Waals surface area contributed by atoms with Crippen molar-refractivity contribution in [2.45, 2.75) is 12.8 Å². The number of methoxy groups -OCH3 is 1. The number of benzene rings is 2. The molecule has 7 nitrogen and oxygen atoms in total. The lowest BCUT2D eigenvalue weighted by atomic mass is 10.2. The Morgan fingerprint density at radius 2 is 1.79 bits per heavy atom. The van der Waals surface area contributed by atoms with E-state index in [0.29, 0.717) is 37.7 Å². The zero-order valence-corrected chi connectivity index (χ0v) is 16.0. The van der Waals surface area contributed by atoms with Crippen LogP contribution in [0.2, 0.25) is 0 Å². The van der Waals surface area contributed by atoms with Gasteiger partial charge in [-0.15, -0.1) is 0 Å². The molecule has 1 amide bonds. The number of aryl methyl sites for hydroxylation is 1. The van der Waals surface area contributed by atoms with Gasteiger partial charge >= 0.3 is 0 Å². The number of nitrogens with zero attached hydrogens (tertiary/aromatic N) is 3. The van der Waals surface area contributed by atoms with Crippen molar-refractivity contribution in [1.82, 2.24) is 15.0 Å². The van der Waals surface area contributed by atoms with Crippen molar-refractivity contribution in [2.75, 3.05) is 27.3 Å². The Kier molecular flexibility index (Phi) is 6.62. The molecule has 3 aromatic rings. The van der Waals surface area contributed by atoms with Gasteiger partial charge in [0, 0.05) is 25.5 Å². The summed E-state index contributed by atoms with van der Waals surface area (Å²) < 4.78 is 16.0. The first-order valence-corrected chi connectivity index (χ1v) is 9.04. The number of hydrogen-bond donors (Lipinski definition) is 0. The maximum atomic E-state index is 12.3. The second-order valence-electron chi connectivity index (χ2n) is 6.22. The van der Waals surface area contributed by atoms with Crippen molar-refractivity contribution in [3.63, 3.8) is 0 Å². The van der Waals surface area contributed by atoms with Crippen LogP contribution in [0.25, 0.3) is 11.4 Å². The van der Waals surface area contributed by atoms with Crippen LogP contribution in [0.1, 0.15) is 12.3 Å². The van der Waals surface area contributed by atoms with Crippen LogP contribution in [0.5, 0.6) is 11.5 Å². The highest BCUT2D eigenvalue weighted by atomic mass is 16.5. The highest BCUT2D eigenvalue weighted by Gasteiger charge is 2.13. The summed E-state index contributed by atoms with van der Waals surface area (Å²) in [6.07, 6.45) is 0.706. The second-order valence-corrected chi connectivity index (χ2v) is 6.22. The fourth-order valence-electron chi connectivity index (χ4n) is 2.56. The van der Waals surface area contributed by atoms with E-state index in [4.69, 9.17) is 14.0 Å². The SMILES string of the molecule is COc1ccc(OCCN(C)C(=O)CCc2nc(-c3ccccc3)no2)cc1. The normalized spacial score (nSPS) is 10.5. The minimum atomic E-state index is -0.00204. The third-order valence-electron chi connectivity index (χ3n) is 4.23. The van der Waals surface area contributed by atoms with Crippen LogP contribution in [0, 0.1) is 0 Å². The molecule has 1 heterocycles. The molecule has 2 aromatic carbocycles. The lowest BCUT2D eigenvalue weighted by Gasteiger charge is -2.17. The van der Waals surface area contributed by atoms with E-state index in [1.807, 2.05) is 54.6 Å². The van der Waals surface area contributed by atoms with Gasteiger partial charge < -0.3 is 18.9 Å². The molecular weight excluding hydrogens is 358 g/mol. The van der Waals surface area contributed by atoms with Gasteiger partial charge in [0.15, 0.2) is 0 Å². The fourth-order valence-corrected chi connectivity index (χ4v) is 2.56. The van der Waals surface area contributed by atoms with E-state index in [9.17, 15) is 4.79 Å². The van der Waals surface area contributed by atoms with Crippen molar-refractivity contribution in [3.8, 4) is 22.9 Å². The molecule has 3 rings (SSSR count). The predicted octanol–water partition coefficient (Wildman–Crippen LogP) is 3.22. The van der Waals surface area contributed by atoms with E-state index in [0.717, 1.165) is 17.1 Å². The number of ether oxygens (including phenoxy) is 2. The zero-order valence-electron chi connectivity index (χ0n) is 16.0. The number of amides is 1. The highest BCUT2D eigenvalue weighted by molar-refractivity contribution is 5.76. The van der Waals surface area contributed by atoms with Crippen molar-refractivity contribution < 1.29 is 18.8 Å². The van der Waals surface area contributed by atoms with Crippen LogP contribution in [0.3, 0.4) is 0 Å². The Balaban J connectivity index is 1.41. The second kappa shape index (κ2) is 9.55. The molecule has 7 heteroatoms. The number of carbonyl (C=O) groups excluding carboxylic acids is 1. The largest absolute Gasteiger partial charge is 0.497 e. The summed E-state index contributed by atoms with van der Waals surface area (Å²) in [4.78, 5) is 18.3. The smallest absolute Gasteiger partial charge is 0.227 e. The van der Waals surface area contributed by atoms with E-state index in [1.165, 1.54) is 0 Å². The monoisotopic (exact) mass is 381 g/mol. The number of likely N-dealkylation sites (N-methyl/N-ethyl adjacent to an activating group) is 1. The Hall–Kier alpha value is -3.35. The van der Waals surface area contributed by atoms with Crippen LogP contribution in [0.4, 0.5) is 0 Å². The number of hydrogen-bond acceptors (Lipinski definition) is 6. The van der Waals surface area contributed by atoms with Gasteiger partial charge in [0.05, 0.1) is 13.7 Å². The molecule has 0 saturated heterocycles. The van der Waals surface area contributed by atoms with Gasteiger partial charge in [-0.3, -0.25) is 4.79 Å². The molecule has 0 N–H and O–H groups in total. The first-order valence-electron chi connectivity index (χ1n) is 9.04. The van der Waals surface area contributed by atoms with Gasteiger partial charge in [-0.05, 0) is 24.3 Å². The minimum Gasteiger partial charge on any atom is -0.497 e. The molecule has 0 radical (unpaired) electrons. The van der Waals surface area contributed by atoms with Crippen molar-refractivity contribution in [2.24, 2.45) is 0 Å². The molecule has 0 spiro atoms. The van der Waals surface area contributed by atoms with Gasteiger partial charge in [0.1, 0.15) is 18.1 Å². The standard InChI is InChI=1S/C21H23N3O4/c1-24(14-15-27-18-10-8-17(26-2)9-11-18)20(25)13-12-19-22-21(23-28-19)16-6-4-3-5-7-16/h3-11H,12-15H2,1-2H3. The van der Waals surface area contributed by atoms with Crippen molar-refractivity contribution >= 4 is 5.91 Å². The predicted molar refractivity (Wildman–Crippen MR) is 104 cm³/mol. The lowest BCUT2D eigenvalue weighted by Crippen LogP contribution is -2.31. The van der Waals surface area contributed by atoms with Crippen molar-refractivity contribution in [1.29, 1.82) is 0 Å². The summed E-state index contributed by atoms with van der Waals surface area (Å²) in [5.74, 6) is 2.49. The van der Waals surface area contributed by atoms with E-state index in [1.54, 1.807) is 19.1 Å². The Morgan fingerprint density at radius 1 is 1.07 bits per heavy atom. The van der Waals surface area contributed by atoms with Crippen LogP contribution in [0.15, 0.2) is 59.1 Å². The molecule has 0 fully saturated rings. The molecule has 0 bridgehead atoms. The van der Waals surface area contributed by atoms with Gasteiger partial charge in [-0.25, -0.2) is 0 Å². The Morgan fingerprint density at radius 3 is 2.50 bits per heavy atom. The first kappa shape index (κ1) is 19.4. The Bertz CT molecular complexity index is 878. The van der Waals surface area contributed by atoms with E-state index >= 15 is 0 Å². The molecule has 1 aromatic heterocycles. The molecule has 0 atom stereocenters. The van der Waals surface area contributed by atoms with E-state index in [2.05, 4.69) is 10.1 Å². The summed E-state index contributed by atoms with van der Waals surface area (Å²) in [6, 6.07) is 16.9. The number of aromatic nitrogens is 2. The zero-order chi connectivity index (χ0) is 19.8. The number of rotatable bonds is 9. The summed E-state index contributed by atoms with van der Waals surface area (Å²) in [5.41, 5.74) is 0.886. The van der Waals surface area contributed by atoms with Crippen LogP contribution < -0.4 is 9.47 Å². The fraction of sp³-hybridized carbons (Fsp3) is 0.286. The molecule has 0 unspecified atom stereocenters. The summed E-state index contributed by atoms with van der Waals surface area (Å²) in [6.45, 7) is 0.900. The maximum absolute atomic E-state index is 12.3. The summed E-state index contributed by atoms with van der Waals surface area (Å²) in [7, 11) is 3.37. The molecule has 0 saturated carbocycles. The Labute approximate surface area is 163 Å². The molecule has 0 aliphatic rings. The summed E-state index contributed by atoms with van der Waals surface area (Å²) >= 11 is 0. The molecular formula is C21H23N3O4. The lowest BCUT2D eigenvalue weighted by molar-refractivity contribution is -0.130. The molecule has 0 aliphatic heterocycles. The van der Waals surface area contributed by atoms with E-state index in [-0.39, 0.29) is 5.91 Å². The quantitative estimate of drug-likeness (QED) is 0.566. The average Bonchev–Trinajstić information content (AvgIpc) is 3.22. The summed E-state index contributed by atoms with van der Waals surface area (Å²) in [5, 5.41) is 3.96. The van der Waals surface area contributed by atoms with Crippen molar-refractivity contribution in [3.05, 3.63) is 60.5 Å². The molecule has 28 heavy (non-hydrogen) atoms. The van der Waals surface area contributed by atoms with Crippen LogP contribution in [-0.4, -0.2) is 48.3 Å². The van der Waals surface area contributed by atoms with Gasteiger partial charge in [0.2, 0.25) is 17.6 Å². The van der Waals surface area contributed by atoms with Crippen LogP contribution >= 0.6 is 0 Å². The maximum Gasteiger partial charge on any atom is 0.227 e. The topological polar surface area (TPSA) is 77.7 Å². The molecule has 0 aliphatic carbocycles. The average molecular weight is 381 g/mol.